The van der Waals surface area contributed by atoms with Crippen LogP contribution in [0.4, 0.5) is 4.39 Å². The SMILES string of the molecule is C[C@@H](OCc1cc(F)cc(Cl)c1)C(=O)N[C@H](Cc1ccccc1)C(=O)C(=O)NCc1ccc(Cl)cn1. The summed E-state index contributed by atoms with van der Waals surface area (Å²) in [5, 5.41) is 5.78. The summed E-state index contributed by atoms with van der Waals surface area (Å²) in [5.74, 6) is -2.80. The van der Waals surface area contributed by atoms with Gasteiger partial charge in [-0.1, -0.05) is 53.5 Å². The molecule has 0 bridgehead atoms. The van der Waals surface area contributed by atoms with Gasteiger partial charge in [0.1, 0.15) is 18.0 Å². The summed E-state index contributed by atoms with van der Waals surface area (Å²) >= 11 is 11.7. The lowest BCUT2D eigenvalue weighted by Gasteiger charge is -2.20. The smallest absolute Gasteiger partial charge is 0.289 e. The van der Waals surface area contributed by atoms with E-state index in [1.165, 1.54) is 25.3 Å². The number of ether oxygens (including phenoxy) is 1. The number of hydrogen-bond donors (Lipinski definition) is 2. The highest BCUT2D eigenvalue weighted by atomic mass is 35.5. The maximum absolute atomic E-state index is 13.5. The van der Waals surface area contributed by atoms with Crippen LogP contribution in [0.15, 0.2) is 66.9 Å². The average Bonchev–Trinajstić information content (AvgIpc) is 2.86. The van der Waals surface area contributed by atoms with Crippen LogP contribution in [0.1, 0.15) is 23.7 Å². The van der Waals surface area contributed by atoms with Crippen molar-refractivity contribution in [2.75, 3.05) is 0 Å². The van der Waals surface area contributed by atoms with E-state index in [9.17, 15) is 18.8 Å². The third-order valence-corrected chi connectivity index (χ3v) is 5.59. The van der Waals surface area contributed by atoms with Gasteiger partial charge in [0.2, 0.25) is 11.7 Å². The van der Waals surface area contributed by atoms with Gasteiger partial charge in [0.05, 0.1) is 23.9 Å². The Morgan fingerprint density at radius 3 is 2.42 bits per heavy atom. The molecule has 2 N–H and O–H groups in total. The summed E-state index contributed by atoms with van der Waals surface area (Å²) in [7, 11) is 0. The molecule has 0 aliphatic carbocycles. The third kappa shape index (κ3) is 8.41. The van der Waals surface area contributed by atoms with Crippen LogP contribution in [0.3, 0.4) is 0 Å². The molecule has 0 radical (unpaired) electrons. The lowest BCUT2D eigenvalue weighted by molar-refractivity contribution is -0.141. The van der Waals surface area contributed by atoms with Crippen LogP contribution in [0.25, 0.3) is 0 Å². The number of halogens is 3. The number of carbonyl (C=O) groups excluding carboxylic acids is 3. The van der Waals surface area contributed by atoms with Gasteiger partial charge < -0.3 is 15.4 Å². The zero-order valence-electron chi connectivity index (χ0n) is 19.3. The Balaban J connectivity index is 1.64. The second-order valence-corrected chi connectivity index (χ2v) is 8.87. The minimum absolute atomic E-state index is 0.0173. The van der Waals surface area contributed by atoms with Crippen LogP contribution in [0.5, 0.6) is 0 Å². The van der Waals surface area contributed by atoms with Crippen molar-refractivity contribution < 1.29 is 23.5 Å². The number of ketones is 1. The van der Waals surface area contributed by atoms with Crippen molar-refractivity contribution in [1.29, 1.82) is 0 Å². The molecule has 0 spiro atoms. The number of nitrogens with zero attached hydrogens (tertiary/aromatic N) is 1. The molecule has 2 atom stereocenters. The lowest BCUT2D eigenvalue weighted by Crippen LogP contribution is -2.51. The Morgan fingerprint density at radius 1 is 1.00 bits per heavy atom. The first-order valence-electron chi connectivity index (χ1n) is 11.0. The lowest BCUT2D eigenvalue weighted by atomic mass is 10.0. The molecule has 1 aromatic heterocycles. The summed E-state index contributed by atoms with van der Waals surface area (Å²) in [6, 6.07) is 15.0. The number of rotatable bonds is 11. The minimum Gasteiger partial charge on any atom is -0.364 e. The van der Waals surface area contributed by atoms with E-state index in [2.05, 4.69) is 15.6 Å². The summed E-state index contributed by atoms with van der Waals surface area (Å²) in [4.78, 5) is 42.4. The second kappa shape index (κ2) is 13.1. The number of amides is 2. The second-order valence-electron chi connectivity index (χ2n) is 8.00. The molecule has 3 rings (SSSR count). The zero-order valence-corrected chi connectivity index (χ0v) is 20.9. The Bertz CT molecular complexity index is 1190. The van der Waals surface area contributed by atoms with Crippen molar-refractivity contribution in [3.8, 4) is 0 Å². The van der Waals surface area contributed by atoms with Gasteiger partial charge in [0.25, 0.3) is 5.91 Å². The van der Waals surface area contributed by atoms with Crippen LogP contribution in [0, 0.1) is 5.82 Å². The number of Topliss-reactive ketones (excluding diaryl/α,β-unsaturated/α-hetero) is 1. The van der Waals surface area contributed by atoms with Gasteiger partial charge in [-0.3, -0.25) is 19.4 Å². The highest BCUT2D eigenvalue weighted by molar-refractivity contribution is 6.38. The van der Waals surface area contributed by atoms with Gasteiger partial charge in [-0.25, -0.2) is 4.39 Å². The van der Waals surface area contributed by atoms with Crippen LogP contribution in [-0.2, 0) is 38.7 Å². The van der Waals surface area contributed by atoms with E-state index < -0.39 is 35.6 Å². The number of hydrogen-bond acceptors (Lipinski definition) is 5. The Kier molecular flexibility index (Phi) is 9.93. The maximum Gasteiger partial charge on any atom is 0.289 e. The molecular formula is C26H24Cl2FN3O4. The van der Waals surface area contributed by atoms with Crippen molar-refractivity contribution in [2.45, 2.75) is 38.6 Å². The molecule has 188 valence electrons. The number of aromatic nitrogens is 1. The minimum atomic E-state index is -1.13. The zero-order chi connectivity index (χ0) is 26.1. The van der Waals surface area contributed by atoms with E-state index >= 15 is 0 Å². The Morgan fingerprint density at radius 2 is 1.75 bits per heavy atom. The predicted octanol–water partition coefficient (Wildman–Crippen LogP) is 4.05. The van der Waals surface area contributed by atoms with Gasteiger partial charge in [-0.15, -0.1) is 0 Å². The molecule has 10 heteroatoms. The third-order valence-electron chi connectivity index (χ3n) is 5.15. The van der Waals surface area contributed by atoms with Crippen LogP contribution >= 0.6 is 23.2 Å². The predicted molar refractivity (Wildman–Crippen MR) is 134 cm³/mol. The molecule has 3 aromatic rings. The number of benzene rings is 2. The molecule has 0 aliphatic heterocycles. The van der Waals surface area contributed by atoms with E-state index in [0.29, 0.717) is 16.3 Å². The molecule has 7 nitrogen and oxygen atoms in total. The van der Waals surface area contributed by atoms with Gasteiger partial charge >= 0.3 is 0 Å². The van der Waals surface area contributed by atoms with Crippen molar-refractivity contribution in [3.63, 3.8) is 0 Å². The van der Waals surface area contributed by atoms with E-state index in [-0.39, 0.29) is 24.6 Å². The highest BCUT2D eigenvalue weighted by Gasteiger charge is 2.29. The normalized spacial score (nSPS) is 12.4. The van der Waals surface area contributed by atoms with Crippen molar-refractivity contribution in [3.05, 3.63) is 99.5 Å². The van der Waals surface area contributed by atoms with E-state index in [4.69, 9.17) is 27.9 Å². The van der Waals surface area contributed by atoms with Gasteiger partial charge in [0, 0.05) is 17.6 Å². The number of carbonyl (C=O) groups is 3. The van der Waals surface area contributed by atoms with Crippen LogP contribution < -0.4 is 10.6 Å². The first-order chi connectivity index (χ1) is 17.2. The molecule has 2 aromatic carbocycles. The van der Waals surface area contributed by atoms with Crippen LogP contribution in [-0.4, -0.2) is 34.7 Å². The molecule has 0 saturated heterocycles. The van der Waals surface area contributed by atoms with Crippen molar-refractivity contribution >= 4 is 40.8 Å². The molecule has 0 saturated carbocycles. The van der Waals surface area contributed by atoms with Gasteiger partial charge in [-0.2, -0.15) is 0 Å². The first-order valence-corrected chi connectivity index (χ1v) is 11.8. The monoisotopic (exact) mass is 531 g/mol. The number of nitrogens with one attached hydrogen (secondary N) is 2. The molecule has 0 aliphatic rings. The Labute approximate surface area is 218 Å². The van der Waals surface area contributed by atoms with Gasteiger partial charge in [0.15, 0.2) is 0 Å². The highest BCUT2D eigenvalue weighted by Crippen LogP contribution is 2.15. The molecular weight excluding hydrogens is 508 g/mol. The molecule has 1 heterocycles. The van der Waals surface area contributed by atoms with Crippen molar-refractivity contribution in [1.82, 2.24) is 15.6 Å². The summed E-state index contributed by atoms with van der Waals surface area (Å²) < 4.78 is 19.1. The fourth-order valence-corrected chi connectivity index (χ4v) is 3.62. The standard InChI is InChI=1S/C26H24Cl2FN3O4/c1-16(36-15-18-9-20(28)12-21(29)10-18)25(34)32-23(11-17-5-3-2-4-6-17)24(33)26(35)31-14-22-8-7-19(27)13-30-22/h2-10,12-13,16,23H,11,14-15H2,1H3,(H,31,35)(H,32,34)/t16-,23-/m1/s1. The molecule has 0 unspecified atom stereocenters. The van der Waals surface area contributed by atoms with Crippen LogP contribution in [0.2, 0.25) is 10.0 Å². The van der Waals surface area contributed by atoms with Crippen molar-refractivity contribution in [2.24, 2.45) is 0 Å². The quantitative estimate of drug-likeness (QED) is 0.364. The summed E-state index contributed by atoms with van der Waals surface area (Å²) in [6.45, 7) is 1.44. The van der Waals surface area contributed by atoms with E-state index in [1.807, 2.05) is 6.07 Å². The summed E-state index contributed by atoms with van der Waals surface area (Å²) in [5.41, 5.74) is 1.72. The molecule has 2 amide bonds. The average molecular weight is 532 g/mol. The maximum atomic E-state index is 13.5. The topological polar surface area (TPSA) is 97.4 Å². The van der Waals surface area contributed by atoms with E-state index in [0.717, 1.165) is 11.6 Å². The fraction of sp³-hybridized carbons (Fsp3) is 0.231. The Hall–Kier alpha value is -3.33. The molecule has 0 fully saturated rings. The fourth-order valence-electron chi connectivity index (χ4n) is 3.27. The van der Waals surface area contributed by atoms with Gasteiger partial charge in [-0.05, 0) is 48.4 Å². The van der Waals surface area contributed by atoms with E-state index in [1.54, 1.807) is 36.4 Å². The summed E-state index contributed by atoms with van der Waals surface area (Å²) in [6.07, 6.45) is 0.548. The first kappa shape index (κ1) is 27.3. The number of pyridine rings is 1. The largest absolute Gasteiger partial charge is 0.364 e. The molecule has 36 heavy (non-hydrogen) atoms.